The molecule has 0 aliphatic heterocycles. The molecule has 0 fully saturated rings. The molecule has 6 heteroatoms. The fraction of sp³-hybridized carbons (Fsp3) is 0. The highest BCUT2D eigenvalue weighted by Crippen LogP contribution is 2.23. The molecular formula is C15H13N5O. The maximum Gasteiger partial charge on any atom is 0.283 e. The fourth-order valence-electron chi connectivity index (χ4n) is 2.15. The van der Waals surface area contributed by atoms with E-state index in [-0.39, 0.29) is 11.6 Å². The molecule has 1 amide bonds. The van der Waals surface area contributed by atoms with Crippen LogP contribution in [0.4, 0.5) is 5.95 Å². The van der Waals surface area contributed by atoms with Crippen LogP contribution in [0, 0.1) is 0 Å². The minimum atomic E-state index is -0.508. The van der Waals surface area contributed by atoms with Crippen LogP contribution in [0.25, 0.3) is 22.0 Å². The van der Waals surface area contributed by atoms with E-state index in [0.717, 1.165) is 16.3 Å². The number of hydrogen-bond acceptors (Lipinski definition) is 5. The number of nitrogen functional groups attached to an aromatic ring is 2. The van der Waals surface area contributed by atoms with E-state index in [1.165, 1.54) is 0 Å². The summed E-state index contributed by atoms with van der Waals surface area (Å²) >= 11 is 0. The molecule has 2 aromatic carbocycles. The lowest BCUT2D eigenvalue weighted by molar-refractivity contribution is 0.0948. The minimum Gasteiger partial charge on any atom is -0.368 e. The third-order valence-electron chi connectivity index (χ3n) is 3.15. The normalized spacial score (nSPS) is 10.5. The molecule has 0 aliphatic rings. The molecule has 6 nitrogen and oxygen atoms in total. The molecule has 0 bridgehead atoms. The molecule has 1 aromatic heterocycles. The number of fused-ring (bicyclic) bond motifs is 1. The third-order valence-corrected chi connectivity index (χ3v) is 3.15. The smallest absolute Gasteiger partial charge is 0.283 e. The Morgan fingerprint density at radius 2 is 1.76 bits per heavy atom. The van der Waals surface area contributed by atoms with Gasteiger partial charge in [-0.25, -0.2) is 15.8 Å². The number of benzene rings is 2. The lowest BCUT2D eigenvalue weighted by Gasteiger charge is -2.06. The van der Waals surface area contributed by atoms with Crippen LogP contribution in [0.1, 0.15) is 10.5 Å². The van der Waals surface area contributed by atoms with Gasteiger partial charge in [-0.05, 0) is 22.9 Å². The highest BCUT2D eigenvalue weighted by molar-refractivity contribution is 5.93. The highest BCUT2D eigenvalue weighted by Gasteiger charge is 2.11. The lowest BCUT2D eigenvalue weighted by atomic mass is 10.0. The number of hydrazine groups is 1. The van der Waals surface area contributed by atoms with Crippen molar-refractivity contribution in [3.05, 3.63) is 54.2 Å². The Labute approximate surface area is 120 Å². The minimum absolute atomic E-state index is 0.0271. The zero-order valence-corrected chi connectivity index (χ0v) is 11.1. The van der Waals surface area contributed by atoms with Crippen LogP contribution < -0.4 is 17.0 Å². The van der Waals surface area contributed by atoms with Crippen molar-refractivity contribution in [3.8, 4) is 11.3 Å². The van der Waals surface area contributed by atoms with Crippen LogP contribution in [0.3, 0.4) is 0 Å². The number of hydrogen-bond donors (Lipinski definition) is 3. The van der Waals surface area contributed by atoms with Gasteiger partial charge in [0.15, 0.2) is 0 Å². The van der Waals surface area contributed by atoms with E-state index in [1.54, 1.807) is 6.07 Å². The number of nitrogens with zero attached hydrogens (tertiary/aromatic N) is 2. The largest absolute Gasteiger partial charge is 0.368 e. The monoisotopic (exact) mass is 279 g/mol. The van der Waals surface area contributed by atoms with E-state index < -0.39 is 5.91 Å². The molecule has 21 heavy (non-hydrogen) atoms. The maximum atomic E-state index is 11.6. The predicted octanol–water partition coefficient (Wildman–Crippen LogP) is 1.48. The average molecular weight is 279 g/mol. The summed E-state index contributed by atoms with van der Waals surface area (Å²) in [5, 5.41) is 2.21. The van der Waals surface area contributed by atoms with Gasteiger partial charge in [0.2, 0.25) is 5.95 Å². The Morgan fingerprint density at radius 3 is 2.52 bits per heavy atom. The van der Waals surface area contributed by atoms with Crippen LogP contribution in [0.2, 0.25) is 0 Å². The van der Waals surface area contributed by atoms with Crippen molar-refractivity contribution >= 4 is 22.6 Å². The van der Waals surface area contributed by atoms with Crippen LogP contribution >= 0.6 is 0 Å². The van der Waals surface area contributed by atoms with Crippen molar-refractivity contribution in [2.24, 2.45) is 5.84 Å². The van der Waals surface area contributed by atoms with Gasteiger partial charge in [-0.2, -0.15) is 0 Å². The van der Waals surface area contributed by atoms with Gasteiger partial charge in [0.05, 0.1) is 5.69 Å². The van der Waals surface area contributed by atoms with E-state index in [1.807, 2.05) is 47.9 Å². The maximum absolute atomic E-state index is 11.6. The third kappa shape index (κ3) is 2.52. The van der Waals surface area contributed by atoms with E-state index in [0.29, 0.717) is 5.69 Å². The Kier molecular flexibility index (Phi) is 3.21. The van der Waals surface area contributed by atoms with Gasteiger partial charge in [-0.3, -0.25) is 10.2 Å². The topological polar surface area (TPSA) is 107 Å². The van der Waals surface area contributed by atoms with E-state index in [9.17, 15) is 4.79 Å². The number of nitrogens with two attached hydrogens (primary N) is 2. The van der Waals surface area contributed by atoms with Gasteiger partial charge in [0.25, 0.3) is 5.91 Å². The SMILES string of the molecule is NNC(=O)c1cc(-c2ccc3ccccc3c2)nc(N)n1. The number of anilines is 1. The average Bonchev–Trinajstić information content (AvgIpc) is 2.53. The Bertz CT molecular complexity index is 831. The molecule has 0 unspecified atom stereocenters. The molecule has 0 spiro atoms. The molecular weight excluding hydrogens is 266 g/mol. The first-order valence-corrected chi connectivity index (χ1v) is 6.32. The van der Waals surface area contributed by atoms with Gasteiger partial charge in [0.1, 0.15) is 5.69 Å². The second-order valence-corrected chi connectivity index (χ2v) is 4.53. The second-order valence-electron chi connectivity index (χ2n) is 4.53. The summed E-state index contributed by atoms with van der Waals surface area (Å²) in [5.74, 6) is 4.64. The zero-order chi connectivity index (χ0) is 14.8. The van der Waals surface area contributed by atoms with Crippen molar-refractivity contribution in [1.29, 1.82) is 0 Å². The summed E-state index contributed by atoms with van der Waals surface area (Å²) in [6, 6.07) is 15.4. The Balaban J connectivity index is 2.13. The van der Waals surface area contributed by atoms with Crippen molar-refractivity contribution < 1.29 is 4.79 Å². The van der Waals surface area contributed by atoms with Crippen molar-refractivity contribution in [2.45, 2.75) is 0 Å². The molecule has 5 N–H and O–H groups in total. The van der Waals surface area contributed by atoms with Crippen molar-refractivity contribution in [2.75, 3.05) is 5.73 Å². The number of aromatic nitrogens is 2. The van der Waals surface area contributed by atoms with E-state index in [4.69, 9.17) is 11.6 Å². The predicted molar refractivity (Wildman–Crippen MR) is 81.0 cm³/mol. The summed E-state index contributed by atoms with van der Waals surface area (Å²) in [7, 11) is 0. The molecule has 3 aromatic rings. The molecule has 0 saturated carbocycles. The van der Waals surface area contributed by atoms with E-state index >= 15 is 0 Å². The van der Waals surface area contributed by atoms with Crippen LogP contribution in [0.15, 0.2) is 48.5 Å². The van der Waals surface area contributed by atoms with Crippen LogP contribution in [0.5, 0.6) is 0 Å². The van der Waals surface area contributed by atoms with Gasteiger partial charge in [-0.1, -0.05) is 36.4 Å². The van der Waals surface area contributed by atoms with E-state index in [2.05, 4.69) is 9.97 Å². The van der Waals surface area contributed by atoms with Gasteiger partial charge >= 0.3 is 0 Å². The lowest BCUT2D eigenvalue weighted by Crippen LogP contribution is -2.31. The first kappa shape index (κ1) is 13.0. The summed E-state index contributed by atoms with van der Waals surface area (Å²) in [4.78, 5) is 19.6. The second kappa shape index (κ2) is 5.18. The fourth-order valence-corrected chi connectivity index (χ4v) is 2.15. The molecule has 0 saturated heterocycles. The molecule has 1 heterocycles. The summed E-state index contributed by atoms with van der Waals surface area (Å²) in [6.07, 6.45) is 0. The first-order chi connectivity index (χ1) is 10.2. The zero-order valence-electron chi connectivity index (χ0n) is 11.1. The summed E-state index contributed by atoms with van der Waals surface area (Å²) in [6.45, 7) is 0. The van der Waals surface area contributed by atoms with Gasteiger partial charge < -0.3 is 5.73 Å². The number of nitrogens with one attached hydrogen (secondary N) is 1. The van der Waals surface area contributed by atoms with Gasteiger partial charge in [-0.15, -0.1) is 0 Å². The van der Waals surface area contributed by atoms with Crippen LogP contribution in [-0.4, -0.2) is 15.9 Å². The van der Waals surface area contributed by atoms with Crippen LogP contribution in [-0.2, 0) is 0 Å². The summed E-state index contributed by atoms with van der Waals surface area (Å²) in [5.41, 5.74) is 9.25. The summed E-state index contributed by atoms with van der Waals surface area (Å²) < 4.78 is 0. The highest BCUT2D eigenvalue weighted by atomic mass is 16.2. The standard InChI is InChI=1S/C15H13N5O/c16-15-18-12(8-13(19-15)14(21)20-17)11-6-5-9-3-1-2-4-10(9)7-11/h1-8H,17H2,(H,20,21)(H2,16,18,19). The molecule has 0 aliphatic carbocycles. The Morgan fingerprint density at radius 1 is 1.00 bits per heavy atom. The van der Waals surface area contributed by atoms with Crippen molar-refractivity contribution in [1.82, 2.24) is 15.4 Å². The van der Waals surface area contributed by atoms with Gasteiger partial charge in [0, 0.05) is 5.56 Å². The number of amides is 1. The number of rotatable bonds is 2. The van der Waals surface area contributed by atoms with Crippen molar-refractivity contribution in [3.63, 3.8) is 0 Å². The Hall–Kier alpha value is -2.99. The first-order valence-electron chi connectivity index (χ1n) is 6.32. The number of carbonyl (C=O) groups excluding carboxylic acids is 1. The molecule has 0 atom stereocenters. The molecule has 104 valence electrons. The number of carbonyl (C=O) groups is 1. The molecule has 3 rings (SSSR count). The quantitative estimate of drug-likeness (QED) is 0.374. The molecule has 0 radical (unpaired) electrons.